The summed E-state index contributed by atoms with van der Waals surface area (Å²) in [4.78, 5) is 2.61. The Hall–Kier alpha value is -0.870. The molecule has 2 N–H and O–H groups in total. The number of hydrogen-bond donors (Lipinski definition) is 1. The number of hydrogen-bond acceptors (Lipinski definition) is 3. The van der Waals surface area contributed by atoms with Gasteiger partial charge in [-0.25, -0.2) is 0 Å². The predicted octanol–water partition coefficient (Wildman–Crippen LogP) is 2.46. The summed E-state index contributed by atoms with van der Waals surface area (Å²) >= 11 is 0. The zero-order chi connectivity index (χ0) is 13.8. The minimum absolute atomic E-state index is 0.185. The molecule has 4 heteroatoms. The van der Waals surface area contributed by atoms with Crippen LogP contribution in [0.5, 0.6) is 0 Å². The largest absolute Gasteiger partial charge is 0.326 e. The minimum Gasteiger partial charge on any atom is -0.326 e. The Morgan fingerprint density at radius 2 is 2.21 bits per heavy atom. The van der Waals surface area contributed by atoms with Crippen LogP contribution >= 0.6 is 0 Å². The van der Waals surface area contributed by atoms with Crippen LogP contribution < -0.4 is 5.73 Å². The van der Waals surface area contributed by atoms with Gasteiger partial charge in [0.2, 0.25) is 0 Å². The van der Waals surface area contributed by atoms with Crippen LogP contribution in [-0.2, 0) is 7.05 Å². The van der Waals surface area contributed by atoms with Crippen molar-refractivity contribution in [2.45, 2.75) is 64.1 Å². The summed E-state index contributed by atoms with van der Waals surface area (Å²) in [5, 5.41) is 4.33. The highest BCUT2D eigenvalue weighted by molar-refractivity contribution is 5.14. The van der Waals surface area contributed by atoms with Gasteiger partial charge in [0.1, 0.15) is 0 Å². The monoisotopic (exact) mass is 264 g/mol. The summed E-state index contributed by atoms with van der Waals surface area (Å²) in [6.45, 7) is 5.68. The molecule has 2 heterocycles. The number of nitrogens with zero attached hydrogens (tertiary/aromatic N) is 3. The Balaban J connectivity index is 2.25. The SMILES string of the molecule is CCC(N)C(c1cnn(C)c1)N1CCCCCC1C. The first-order valence-electron chi connectivity index (χ1n) is 7.63. The van der Waals surface area contributed by atoms with Crippen molar-refractivity contribution in [3.05, 3.63) is 18.0 Å². The summed E-state index contributed by atoms with van der Waals surface area (Å²) in [5.41, 5.74) is 7.69. The normalized spacial score (nSPS) is 24.9. The van der Waals surface area contributed by atoms with Gasteiger partial charge in [-0.1, -0.05) is 19.8 Å². The lowest BCUT2D eigenvalue weighted by atomic mass is 9.97. The standard InChI is InChI=1S/C15H28N4/c1-4-14(16)15(13-10-17-18(3)11-13)19-9-7-5-6-8-12(19)2/h10-12,14-15H,4-9,16H2,1-3H3. The zero-order valence-corrected chi connectivity index (χ0v) is 12.5. The Labute approximate surface area is 117 Å². The molecule has 1 aromatic heterocycles. The molecule has 108 valence electrons. The van der Waals surface area contributed by atoms with E-state index in [4.69, 9.17) is 5.73 Å². The van der Waals surface area contributed by atoms with Crippen LogP contribution in [0.15, 0.2) is 12.4 Å². The van der Waals surface area contributed by atoms with Crippen LogP contribution in [0.25, 0.3) is 0 Å². The fourth-order valence-electron chi connectivity index (χ4n) is 3.21. The third-order valence-corrected chi connectivity index (χ3v) is 4.40. The van der Waals surface area contributed by atoms with Crippen LogP contribution in [-0.4, -0.2) is 33.3 Å². The molecular formula is C15H28N4. The van der Waals surface area contributed by atoms with Crippen LogP contribution in [0.3, 0.4) is 0 Å². The summed E-state index contributed by atoms with van der Waals surface area (Å²) in [7, 11) is 1.98. The number of rotatable bonds is 4. The van der Waals surface area contributed by atoms with Gasteiger partial charge in [0.15, 0.2) is 0 Å². The van der Waals surface area contributed by atoms with Gasteiger partial charge in [-0.05, 0) is 32.7 Å². The zero-order valence-electron chi connectivity index (χ0n) is 12.5. The molecular weight excluding hydrogens is 236 g/mol. The molecule has 0 spiro atoms. The highest BCUT2D eigenvalue weighted by Gasteiger charge is 2.30. The molecule has 1 fully saturated rings. The van der Waals surface area contributed by atoms with Crippen molar-refractivity contribution in [2.24, 2.45) is 12.8 Å². The van der Waals surface area contributed by atoms with E-state index in [0.29, 0.717) is 12.1 Å². The molecule has 1 aliphatic rings. The first kappa shape index (κ1) is 14.5. The second kappa shape index (κ2) is 6.53. The van der Waals surface area contributed by atoms with Crippen LogP contribution in [0, 0.1) is 0 Å². The van der Waals surface area contributed by atoms with E-state index in [9.17, 15) is 0 Å². The van der Waals surface area contributed by atoms with Crippen molar-refractivity contribution in [1.82, 2.24) is 14.7 Å². The van der Waals surface area contributed by atoms with Crippen molar-refractivity contribution in [1.29, 1.82) is 0 Å². The Kier molecular flexibility index (Phi) is 4.99. The van der Waals surface area contributed by atoms with E-state index in [-0.39, 0.29) is 6.04 Å². The van der Waals surface area contributed by atoms with Crippen molar-refractivity contribution in [3.8, 4) is 0 Å². The lowest BCUT2D eigenvalue weighted by molar-refractivity contribution is 0.124. The molecule has 0 bridgehead atoms. The van der Waals surface area contributed by atoms with E-state index in [2.05, 4.69) is 30.0 Å². The summed E-state index contributed by atoms with van der Waals surface area (Å²) in [5.74, 6) is 0. The maximum Gasteiger partial charge on any atom is 0.0538 e. The second-order valence-corrected chi connectivity index (χ2v) is 5.90. The van der Waals surface area contributed by atoms with Crippen LogP contribution in [0.2, 0.25) is 0 Å². The van der Waals surface area contributed by atoms with E-state index in [1.165, 1.54) is 31.2 Å². The van der Waals surface area contributed by atoms with Crippen LogP contribution in [0.4, 0.5) is 0 Å². The smallest absolute Gasteiger partial charge is 0.0538 e. The van der Waals surface area contributed by atoms with E-state index in [1.54, 1.807) is 0 Å². The van der Waals surface area contributed by atoms with E-state index in [0.717, 1.165) is 13.0 Å². The molecule has 3 atom stereocenters. The maximum absolute atomic E-state index is 6.42. The molecule has 0 aliphatic carbocycles. The first-order chi connectivity index (χ1) is 9.13. The third-order valence-electron chi connectivity index (χ3n) is 4.40. The molecule has 1 aromatic rings. The van der Waals surface area contributed by atoms with Gasteiger partial charge < -0.3 is 5.73 Å². The molecule has 0 radical (unpaired) electrons. The van der Waals surface area contributed by atoms with Gasteiger partial charge in [0.25, 0.3) is 0 Å². The first-order valence-corrected chi connectivity index (χ1v) is 7.63. The Bertz CT molecular complexity index is 387. The topological polar surface area (TPSA) is 47.1 Å². The molecule has 1 saturated heterocycles. The van der Waals surface area contributed by atoms with Crippen molar-refractivity contribution < 1.29 is 0 Å². The average Bonchev–Trinajstić information content (AvgIpc) is 2.71. The number of likely N-dealkylation sites (tertiary alicyclic amines) is 1. The van der Waals surface area contributed by atoms with Gasteiger partial charge >= 0.3 is 0 Å². The summed E-state index contributed by atoms with van der Waals surface area (Å²) in [6, 6.07) is 1.11. The maximum atomic E-state index is 6.42. The molecule has 0 aromatic carbocycles. The molecule has 19 heavy (non-hydrogen) atoms. The fourth-order valence-corrected chi connectivity index (χ4v) is 3.21. The quantitative estimate of drug-likeness (QED) is 0.908. The second-order valence-electron chi connectivity index (χ2n) is 5.90. The summed E-state index contributed by atoms with van der Waals surface area (Å²) < 4.78 is 1.88. The van der Waals surface area contributed by atoms with Gasteiger partial charge in [-0.3, -0.25) is 9.58 Å². The van der Waals surface area contributed by atoms with Crippen LogP contribution in [0.1, 0.15) is 57.6 Å². The van der Waals surface area contributed by atoms with Gasteiger partial charge in [-0.15, -0.1) is 0 Å². The lowest BCUT2D eigenvalue weighted by Crippen LogP contribution is -2.44. The van der Waals surface area contributed by atoms with Crippen molar-refractivity contribution in [2.75, 3.05) is 6.54 Å². The molecule has 1 aliphatic heterocycles. The van der Waals surface area contributed by atoms with E-state index >= 15 is 0 Å². The fraction of sp³-hybridized carbons (Fsp3) is 0.800. The highest BCUT2D eigenvalue weighted by Crippen LogP contribution is 2.30. The number of aromatic nitrogens is 2. The minimum atomic E-state index is 0.185. The van der Waals surface area contributed by atoms with Gasteiger partial charge in [-0.2, -0.15) is 5.10 Å². The third kappa shape index (κ3) is 3.37. The molecule has 2 rings (SSSR count). The van der Waals surface area contributed by atoms with Crippen molar-refractivity contribution in [3.63, 3.8) is 0 Å². The van der Waals surface area contributed by atoms with Gasteiger partial charge in [0.05, 0.1) is 12.2 Å². The van der Waals surface area contributed by atoms with E-state index in [1.807, 2.05) is 17.9 Å². The molecule has 3 unspecified atom stereocenters. The molecule has 4 nitrogen and oxygen atoms in total. The molecule has 0 amide bonds. The Morgan fingerprint density at radius 3 is 2.84 bits per heavy atom. The lowest BCUT2D eigenvalue weighted by Gasteiger charge is -2.38. The summed E-state index contributed by atoms with van der Waals surface area (Å²) in [6.07, 6.45) is 10.4. The Morgan fingerprint density at radius 1 is 1.42 bits per heavy atom. The van der Waals surface area contributed by atoms with E-state index < -0.39 is 0 Å². The predicted molar refractivity (Wildman–Crippen MR) is 78.9 cm³/mol. The average molecular weight is 264 g/mol. The highest BCUT2D eigenvalue weighted by atomic mass is 15.3. The van der Waals surface area contributed by atoms with Crippen molar-refractivity contribution >= 4 is 0 Å². The number of nitrogens with two attached hydrogens (primary N) is 1. The van der Waals surface area contributed by atoms with Gasteiger partial charge in [0, 0.05) is 30.9 Å². The molecule has 0 saturated carbocycles. The number of aryl methyl sites for hydroxylation is 1.